The lowest BCUT2D eigenvalue weighted by molar-refractivity contribution is 0.269. The molecule has 38 heavy (non-hydrogen) atoms. The molecule has 0 aliphatic rings. The Bertz CT molecular complexity index is 1680. The first kappa shape index (κ1) is 24.6. The highest BCUT2D eigenvalue weighted by Crippen LogP contribution is 2.44. The second kappa shape index (κ2) is 9.57. The van der Waals surface area contributed by atoms with E-state index in [0.717, 1.165) is 11.3 Å². The van der Waals surface area contributed by atoms with Crippen molar-refractivity contribution in [1.29, 1.82) is 0 Å². The minimum Gasteiger partial charge on any atom is -0.341 e. The average molecular weight is 516 g/mol. The molecule has 3 nitrogen and oxygen atoms in total. The van der Waals surface area contributed by atoms with Crippen molar-refractivity contribution in [3.05, 3.63) is 109 Å². The standard InChI is InChI=1S/C34H34N3P/c1-24(34(2,3)4)37-30-23-15-13-21-28(30)35-33(37)31-32(27-20-12-14-22-29(27)36(31)5)38(25-16-8-6-9-17-25)26-18-10-7-11-19-26/h6-24H,1-5H3/t24-/m0/s1. The Kier molecular flexibility index (Phi) is 6.20. The number of hydrogen-bond acceptors (Lipinski definition) is 1. The van der Waals surface area contributed by atoms with E-state index in [0.29, 0.717) is 0 Å². The molecule has 190 valence electrons. The van der Waals surface area contributed by atoms with Gasteiger partial charge in [0.25, 0.3) is 0 Å². The van der Waals surface area contributed by atoms with E-state index in [1.54, 1.807) is 0 Å². The fourth-order valence-corrected chi connectivity index (χ4v) is 8.05. The molecule has 1 atom stereocenters. The van der Waals surface area contributed by atoms with Gasteiger partial charge in [0.1, 0.15) is 0 Å². The third-order valence-corrected chi connectivity index (χ3v) is 10.3. The first-order chi connectivity index (χ1) is 18.4. The fraction of sp³-hybridized carbons (Fsp3) is 0.206. The van der Waals surface area contributed by atoms with Crippen LogP contribution in [0.25, 0.3) is 33.5 Å². The van der Waals surface area contributed by atoms with Crippen LogP contribution in [0.5, 0.6) is 0 Å². The van der Waals surface area contributed by atoms with Crippen molar-refractivity contribution < 1.29 is 0 Å². The quantitative estimate of drug-likeness (QED) is 0.217. The number of hydrogen-bond donors (Lipinski definition) is 0. The van der Waals surface area contributed by atoms with Gasteiger partial charge in [0.05, 0.1) is 16.7 Å². The summed E-state index contributed by atoms with van der Waals surface area (Å²) in [6, 6.07) is 39.7. The summed E-state index contributed by atoms with van der Waals surface area (Å²) in [4.78, 5) is 5.36. The van der Waals surface area contributed by atoms with Crippen LogP contribution in [0.3, 0.4) is 0 Å². The summed E-state index contributed by atoms with van der Waals surface area (Å²) >= 11 is 0. The van der Waals surface area contributed by atoms with Gasteiger partial charge < -0.3 is 9.13 Å². The fourth-order valence-electron chi connectivity index (χ4n) is 5.41. The summed E-state index contributed by atoms with van der Waals surface area (Å²) in [6.45, 7) is 9.29. The molecule has 2 heterocycles. The molecule has 6 rings (SSSR count). The van der Waals surface area contributed by atoms with Crippen LogP contribution >= 0.6 is 7.92 Å². The third-order valence-electron chi connectivity index (χ3n) is 7.78. The molecule has 4 aromatic carbocycles. The lowest BCUT2D eigenvalue weighted by atomic mass is 9.87. The summed E-state index contributed by atoms with van der Waals surface area (Å²) in [6.07, 6.45) is 0. The number of fused-ring (bicyclic) bond motifs is 2. The van der Waals surface area contributed by atoms with Gasteiger partial charge in [0.15, 0.2) is 5.82 Å². The van der Waals surface area contributed by atoms with Gasteiger partial charge in [-0.3, -0.25) is 0 Å². The third kappa shape index (κ3) is 4.06. The number of benzene rings is 4. The van der Waals surface area contributed by atoms with Crippen LogP contribution in [0, 0.1) is 5.41 Å². The first-order valence-corrected chi connectivity index (χ1v) is 14.7. The van der Waals surface area contributed by atoms with Crippen molar-refractivity contribution in [1.82, 2.24) is 14.1 Å². The molecule has 0 unspecified atom stereocenters. The predicted octanol–water partition coefficient (Wildman–Crippen LogP) is 7.56. The van der Waals surface area contributed by atoms with Crippen LogP contribution < -0.4 is 15.9 Å². The highest BCUT2D eigenvalue weighted by atomic mass is 31.1. The van der Waals surface area contributed by atoms with Crippen molar-refractivity contribution in [2.24, 2.45) is 12.5 Å². The van der Waals surface area contributed by atoms with Crippen LogP contribution in [-0.4, -0.2) is 14.1 Å². The molecule has 0 radical (unpaired) electrons. The summed E-state index contributed by atoms with van der Waals surface area (Å²) in [5.41, 5.74) is 4.73. The molecular formula is C34H34N3P. The minimum absolute atomic E-state index is 0.0621. The van der Waals surface area contributed by atoms with E-state index >= 15 is 0 Å². The number of imidazole rings is 1. The number of rotatable bonds is 5. The zero-order valence-electron chi connectivity index (χ0n) is 22.8. The largest absolute Gasteiger partial charge is 0.341 e. The predicted molar refractivity (Wildman–Crippen MR) is 165 cm³/mol. The van der Waals surface area contributed by atoms with Crippen molar-refractivity contribution in [3.8, 4) is 11.5 Å². The molecule has 6 aromatic rings. The van der Waals surface area contributed by atoms with Gasteiger partial charge in [-0.1, -0.05) is 112 Å². The highest BCUT2D eigenvalue weighted by Gasteiger charge is 2.32. The van der Waals surface area contributed by atoms with Gasteiger partial charge >= 0.3 is 0 Å². The molecule has 0 spiro atoms. The lowest BCUT2D eigenvalue weighted by Gasteiger charge is -2.31. The minimum atomic E-state index is -0.833. The topological polar surface area (TPSA) is 22.8 Å². The van der Waals surface area contributed by atoms with E-state index in [1.165, 1.54) is 38.0 Å². The van der Waals surface area contributed by atoms with E-state index in [9.17, 15) is 0 Å². The number of para-hydroxylation sites is 3. The van der Waals surface area contributed by atoms with Crippen LogP contribution in [0.15, 0.2) is 109 Å². The maximum atomic E-state index is 5.36. The number of nitrogens with zero attached hydrogens (tertiary/aromatic N) is 3. The zero-order valence-corrected chi connectivity index (χ0v) is 23.7. The SMILES string of the molecule is C[C@H](n1c(-c2c(P(c3ccccc3)c3ccccc3)c3ccccc3n2C)nc2ccccc21)C(C)(C)C. The second-order valence-corrected chi connectivity index (χ2v) is 13.3. The highest BCUT2D eigenvalue weighted by molar-refractivity contribution is 7.80. The van der Waals surface area contributed by atoms with Gasteiger partial charge in [0.2, 0.25) is 0 Å². The van der Waals surface area contributed by atoms with Gasteiger partial charge in [-0.2, -0.15) is 0 Å². The van der Waals surface area contributed by atoms with E-state index < -0.39 is 7.92 Å². The van der Waals surface area contributed by atoms with Crippen molar-refractivity contribution in [3.63, 3.8) is 0 Å². The average Bonchev–Trinajstić information content (AvgIpc) is 3.44. The Labute approximate surface area is 226 Å². The van der Waals surface area contributed by atoms with Crippen LogP contribution in [0.1, 0.15) is 33.7 Å². The van der Waals surface area contributed by atoms with E-state index in [-0.39, 0.29) is 11.5 Å². The Morgan fingerprint density at radius 1 is 0.684 bits per heavy atom. The maximum Gasteiger partial charge on any atom is 0.158 e. The molecule has 0 fully saturated rings. The molecule has 2 aromatic heterocycles. The Hall–Kier alpha value is -3.68. The van der Waals surface area contributed by atoms with Gasteiger partial charge in [0, 0.05) is 29.3 Å². The first-order valence-electron chi connectivity index (χ1n) is 13.3. The molecule has 0 aliphatic heterocycles. The van der Waals surface area contributed by atoms with Crippen molar-refractivity contribution in [2.75, 3.05) is 0 Å². The Morgan fingerprint density at radius 3 is 1.82 bits per heavy atom. The summed E-state index contributed by atoms with van der Waals surface area (Å²) in [7, 11) is 1.37. The monoisotopic (exact) mass is 515 g/mol. The Balaban J connectivity index is 1.76. The van der Waals surface area contributed by atoms with Gasteiger partial charge in [-0.05, 0) is 49.1 Å². The van der Waals surface area contributed by atoms with Crippen molar-refractivity contribution in [2.45, 2.75) is 33.7 Å². The maximum absolute atomic E-state index is 5.36. The van der Waals surface area contributed by atoms with Crippen LogP contribution in [0.4, 0.5) is 0 Å². The van der Waals surface area contributed by atoms with E-state index in [1.807, 2.05) is 0 Å². The summed E-state index contributed by atoms with van der Waals surface area (Å²) in [5, 5.41) is 5.36. The summed E-state index contributed by atoms with van der Waals surface area (Å²) < 4.78 is 4.86. The van der Waals surface area contributed by atoms with Crippen LogP contribution in [0.2, 0.25) is 0 Å². The normalized spacial score (nSPS) is 13.0. The summed E-state index contributed by atoms with van der Waals surface area (Å²) in [5.74, 6) is 1.04. The van der Waals surface area contributed by atoms with Gasteiger partial charge in [-0.25, -0.2) is 4.98 Å². The van der Waals surface area contributed by atoms with Crippen LogP contribution in [-0.2, 0) is 7.05 Å². The molecule has 0 aliphatic carbocycles. The molecule has 0 N–H and O–H groups in total. The lowest BCUT2D eigenvalue weighted by Crippen LogP contribution is -2.25. The van der Waals surface area contributed by atoms with E-state index in [4.69, 9.17) is 4.98 Å². The second-order valence-electron chi connectivity index (χ2n) is 11.1. The molecule has 0 saturated heterocycles. The zero-order chi connectivity index (χ0) is 26.4. The molecule has 0 bridgehead atoms. The Morgan fingerprint density at radius 2 is 1.21 bits per heavy atom. The molecule has 4 heteroatoms. The molecule has 0 amide bonds. The number of aryl methyl sites for hydroxylation is 1. The number of aromatic nitrogens is 3. The van der Waals surface area contributed by atoms with Gasteiger partial charge in [-0.15, -0.1) is 0 Å². The van der Waals surface area contributed by atoms with Crippen molar-refractivity contribution >= 4 is 45.8 Å². The smallest absolute Gasteiger partial charge is 0.158 e. The van der Waals surface area contributed by atoms with E-state index in [2.05, 4.69) is 153 Å². The molecular weight excluding hydrogens is 481 g/mol. The molecule has 0 saturated carbocycles.